The number of hydrogen-bond acceptors (Lipinski definition) is 7. The van der Waals surface area contributed by atoms with Gasteiger partial charge in [0.2, 0.25) is 5.91 Å². The summed E-state index contributed by atoms with van der Waals surface area (Å²) < 4.78 is 63.8. The molecule has 0 unspecified atom stereocenters. The molecule has 0 aliphatic carbocycles. The standard InChI is InChI=1S/C27H34F3N5O4S/c1-33-9-4-10-34(14-13-33)24(36)15-19-7-11-35(12-8-19)25-23(17-22(18-31-25)40(2,38)39)32-26(37)20-5-3-6-21(16-20)27(28,29)30/h3,5-6,16-19H,4,7-15H2,1-2H3,(H,32,37). The Morgan fingerprint density at radius 2 is 1.77 bits per heavy atom. The number of alkyl halides is 3. The second-order valence-corrected chi connectivity index (χ2v) is 12.5. The molecule has 0 atom stereocenters. The van der Waals surface area contributed by atoms with Crippen LogP contribution in [0.5, 0.6) is 0 Å². The second-order valence-electron chi connectivity index (χ2n) is 10.5. The number of carbonyl (C=O) groups is 2. The van der Waals surface area contributed by atoms with Crippen LogP contribution in [0.1, 0.15) is 41.6 Å². The Morgan fingerprint density at radius 1 is 1.05 bits per heavy atom. The highest BCUT2D eigenvalue weighted by molar-refractivity contribution is 7.90. The molecule has 0 spiro atoms. The van der Waals surface area contributed by atoms with E-state index in [9.17, 15) is 31.2 Å². The Morgan fingerprint density at radius 3 is 2.45 bits per heavy atom. The third kappa shape index (κ3) is 7.51. The highest BCUT2D eigenvalue weighted by Crippen LogP contribution is 2.33. The maximum atomic E-state index is 13.2. The molecule has 2 aliphatic heterocycles. The number of nitrogens with one attached hydrogen (secondary N) is 1. The van der Waals surface area contributed by atoms with E-state index in [4.69, 9.17) is 0 Å². The van der Waals surface area contributed by atoms with Gasteiger partial charge in [0.25, 0.3) is 5.91 Å². The van der Waals surface area contributed by atoms with E-state index in [0.717, 1.165) is 57.1 Å². The number of carbonyl (C=O) groups excluding carboxylic acids is 2. The van der Waals surface area contributed by atoms with E-state index in [1.54, 1.807) is 0 Å². The minimum atomic E-state index is -4.62. The number of halogens is 3. The normalized spacial score (nSPS) is 17.9. The van der Waals surface area contributed by atoms with Gasteiger partial charge in [-0.2, -0.15) is 13.2 Å². The van der Waals surface area contributed by atoms with Crippen LogP contribution in [0.2, 0.25) is 0 Å². The van der Waals surface area contributed by atoms with Crippen molar-refractivity contribution >= 4 is 33.2 Å². The Kier molecular flexibility index (Phi) is 9.03. The molecular weight excluding hydrogens is 547 g/mol. The molecule has 0 saturated carbocycles. The van der Waals surface area contributed by atoms with Gasteiger partial charge in [-0.3, -0.25) is 9.59 Å². The predicted molar refractivity (Wildman–Crippen MR) is 145 cm³/mol. The Bertz CT molecular complexity index is 1340. The molecule has 0 bridgehead atoms. The lowest BCUT2D eigenvalue weighted by molar-refractivity contribution is -0.137. The summed E-state index contributed by atoms with van der Waals surface area (Å²) >= 11 is 0. The topological polar surface area (TPSA) is 103 Å². The van der Waals surface area contributed by atoms with Gasteiger partial charge < -0.3 is 20.0 Å². The zero-order valence-corrected chi connectivity index (χ0v) is 23.4. The summed E-state index contributed by atoms with van der Waals surface area (Å²) in [5.74, 6) is -0.155. The van der Waals surface area contributed by atoms with E-state index in [1.165, 1.54) is 18.3 Å². The molecular formula is C27H34F3N5O4S. The van der Waals surface area contributed by atoms with Crippen molar-refractivity contribution in [3.8, 4) is 0 Å². The molecule has 40 heavy (non-hydrogen) atoms. The number of anilines is 2. The van der Waals surface area contributed by atoms with Crippen molar-refractivity contribution in [1.82, 2.24) is 14.8 Å². The van der Waals surface area contributed by atoms with E-state index in [-0.39, 0.29) is 28.0 Å². The Balaban J connectivity index is 1.47. The SMILES string of the molecule is CN1CCCN(C(=O)CC2CCN(c3ncc(S(C)(=O)=O)cc3NC(=O)c3cccc(C(F)(F)F)c3)CC2)CC1. The summed E-state index contributed by atoms with van der Waals surface area (Å²) in [6.45, 7) is 4.36. The van der Waals surface area contributed by atoms with Crippen molar-refractivity contribution in [1.29, 1.82) is 0 Å². The number of sulfone groups is 1. The number of likely N-dealkylation sites (N-methyl/N-ethyl adjacent to an activating group) is 1. The first kappa shape index (κ1) is 29.8. The van der Waals surface area contributed by atoms with E-state index in [2.05, 4.69) is 22.2 Å². The number of hydrogen-bond donors (Lipinski definition) is 1. The molecule has 2 aromatic rings. The minimum absolute atomic E-state index is 0.0912. The minimum Gasteiger partial charge on any atom is -0.355 e. The fraction of sp³-hybridized carbons (Fsp3) is 0.519. The van der Waals surface area contributed by atoms with Crippen LogP contribution in [0.15, 0.2) is 41.4 Å². The van der Waals surface area contributed by atoms with Gasteiger partial charge in [0.15, 0.2) is 15.7 Å². The summed E-state index contributed by atoms with van der Waals surface area (Å²) in [5.41, 5.74) is -1.09. The molecule has 3 heterocycles. The van der Waals surface area contributed by atoms with E-state index < -0.39 is 27.5 Å². The first-order valence-corrected chi connectivity index (χ1v) is 15.1. The molecule has 2 fully saturated rings. The van der Waals surface area contributed by atoms with Crippen molar-refractivity contribution in [2.45, 2.75) is 36.8 Å². The van der Waals surface area contributed by atoms with Crippen LogP contribution in [0.4, 0.5) is 24.7 Å². The highest BCUT2D eigenvalue weighted by Gasteiger charge is 2.31. The number of rotatable bonds is 6. The first-order valence-electron chi connectivity index (χ1n) is 13.2. The van der Waals surface area contributed by atoms with Crippen LogP contribution < -0.4 is 10.2 Å². The Labute approximate surface area is 232 Å². The van der Waals surface area contributed by atoms with Crippen molar-refractivity contribution in [3.63, 3.8) is 0 Å². The average Bonchev–Trinajstić information content (AvgIpc) is 3.12. The summed E-state index contributed by atoms with van der Waals surface area (Å²) in [6, 6.07) is 5.28. The van der Waals surface area contributed by atoms with Crippen molar-refractivity contribution in [2.24, 2.45) is 5.92 Å². The van der Waals surface area contributed by atoms with Crippen LogP contribution in [0, 0.1) is 5.92 Å². The van der Waals surface area contributed by atoms with Gasteiger partial charge in [-0.05, 0) is 63.0 Å². The molecule has 2 aliphatic rings. The van der Waals surface area contributed by atoms with Gasteiger partial charge in [-0.1, -0.05) is 6.07 Å². The lowest BCUT2D eigenvalue weighted by Gasteiger charge is -2.34. The van der Waals surface area contributed by atoms with E-state index in [1.807, 2.05) is 9.80 Å². The molecule has 218 valence electrons. The summed E-state index contributed by atoms with van der Waals surface area (Å²) in [6.07, 6.45) is 0.409. The molecule has 2 amide bonds. The Hall–Kier alpha value is -3.19. The van der Waals surface area contributed by atoms with Gasteiger partial charge >= 0.3 is 6.18 Å². The zero-order chi connectivity index (χ0) is 29.1. The number of piperidine rings is 1. The molecule has 2 saturated heterocycles. The maximum absolute atomic E-state index is 13.2. The summed E-state index contributed by atoms with van der Waals surface area (Å²) in [5, 5.41) is 2.57. The number of amides is 2. The van der Waals surface area contributed by atoms with Crippen LogP contribution in [-0.2, 0) is 20.8 Å². The third-order valence-corrected chi connectivity index (χ3v) is 8.50. The van der Waals surface area contributed by atoms with Crippen LogP contribution in [0.3, 0.4) is 0 Å². The molecule has 1 aromatic carbocycles. The van der Waals surface area contributed by atoms with E-state index >= 15 is 0 Å². The summed E-state index contributed by atoms with van der Waals surface area (Å²) in [4.78, 5) is 36.1. The van der Waals surface area contributed by atoms with Crippen LogP contribution in [-0.4, -0.2) is 87.6 Å². The quantitative estimate of drug-likeness (QED) is 0.557. The zero-order valence-electron chi connectivity index (χ0n) is 22.6. The third-order valence-electron chi connectivity index (χ3n) is 7.42. The lowest BCUT2D eigenvalue weighted by atomic mass is 9.93. The maximum Gasteiger partial charge on any atom is 0.416 e. The number of benzene rings is 1. The van der Waals surface area contributed by atoms with Crippen molar-refractivity contribution in [3.05, 3.63) is 47.7 Å². The molecule has 9 nitrogen and oxygen atoms in total. The van der Waals surface area contributed by atoms with Gasteiger partial charge in [0.05, 0.1) is 16.1 Å². The van der Waals surface area contributed by atoms with Crippen LogP contribution >= 0.6 is 0 Å². The number of pyridine rings is 1. The fourth-order valence-electron chi connectivity index (χ4n) is 5.04. The lowest BCUT2D eigenvalue weighted by Crippen LogP contribution is -2.39. The summed E-state index contributed by atoms with van der Waals surface area (Å²) in [7, 11) is -1.61. The second kappa shape index (κ2) is 12.1. The monoisotopic (exact) mass is 581 g/mol. The van der Waals surface area contributed by atoms with Gasteiger partial charge in [0.1, 0.15) is 0 Å². The smallest absolute Gasteiger partial charge is 0.355 e. The molecule has 4 rings (SSSR count). The molecule has 1 N–H and O–H groups in total. The predicted octanol–water partition coefficient (Wildman–Crippen LogP) is 3.53. The molecule has 0 radical (unpaired) electrons. The van der Waals surface area contributed by atoms with Gasteiger partial charge in [0, 0.05) is 57.2 Å². The van der Waals surface area contributed by atoms with Crippen LogP contribution in [0.25, 0.3) is 0 Å². The largest absolute Gasteiger partial charge is 0.416 e. The average molecular weight is 582 g/mol. The van der Waals surface area contributed by atoms with E-state index in [0.29, 0.717) is 38.2 Å². The first-order chi connectivity index (χ1) is 18.8. The van der Waals surface area contributed by atoms with Gasteiger partial charge in [-0.25, -0.2) is 13.4 Å². The fourth-order valence-corrected chi connectivity index (χ4v) is 5.61. The van der Waals surface area contributed by atoms with Gasteiger partial charge in [-0.15, -0.1) is 0 Å². The van der Waals surface area contributed by atoms with Crippen molar-refractivity contribution in [2.75, 3.05) is 62.8 Å². The number of nitrogens with zero attached hydrogens (tertiary/aromatic N) is 4. The van der Waals surface area contributed by atoms with Crippen molar-refractivity contribution < 1.29 is 31.2 Å². The molecule has 1 aromatic heterocycles. The molecule has 13 heteroatoms. The highest BCUT2D eigenvalue weighted by atomic mass is 32.2. The number of aromatic nitrogens is 1.